The first-order valence-corrected chi connectivity index (χ1v) is 16.2. The Bertz CT molecular complexity index is 277. The van der Waals surface area contributed by atoms with Crippen molar-refractivity contribution in [3.8, 4) is 0 Å². The summed E-state index contributed by atoms with van der Waals surface area (Å²) in [6, 6.07) is 0. The van der Waals surface area contributed by atoms with Gasteiger partial charge >= 0.3 is 0 Å². The monoisotopic (exact) mass is 464 g/mol. The van der Waals surface area contributed by atoms with Gasteiger partial charge in [-0.3, -0.25) is 0 Å². The molecule has 0 nitrogen and oxygen atoms in total. The second-order valence-electron chi connectivity index (χ2n) is 11.1. The van der Waals surface area contributed by atoms with Crippen LogP contribution >= 0.6 is 0 Å². The summed E-state index contributed by atoms with van der Waals surface area (Å²) in [5.74, 6) is 0. The van der Waals surface area contributed by atoms with E-state index in [1.165, 1.54) is 193 Å². The molecule has 0 saturated heterocycles. The molecule has 0 atom stereocenters. The minimum atomic E-state index is 1.37. The molecule has 0 aliphatic carbocycles. The molecule has 0 aliphatic rings. The molecule has 0 aromatic carbocycles. The topological polar surface area (TPSA) is 0 Å². The van der Waals surface area contributed by atoms with Gasteiger partial charge in [-0.1, -0.05) is 206 Å². The minimum Gasteiger partial charge on any atom is -0.0654 e. The summed E-state index contributed by atoms with van der Waals surface area (Å²) in [4.78, 5) is 0. The van der Waals surface area contributed by atoms with E-state index in [0.29, 0.717) is 0 Å². The zero-order valence-corrected chi connectivity index (χ0v) is 23.8. The van der Waals surface area contributed by atoms with Crippen molar-refractivity contribution in [2.75, 3.05) is 0 Å². The van der Waals surface area contributed by atoms with Crippen molar-refractivity contribution in [2.45, 2.75) is 206 Å². The average molecular weight is 464 g/mol. The number of hydrogen-bond donors (Lipinski definition) is 0. The van der Waals surface area contributed by atoms with Crippen LogP contribution in [0.5, 0.6) is 0 Å². The van der Waals surface area contributed by atoms with Gasteiger partial charge < -0.3 is 0 Å². The fourth-order valence-electron chi connectivity index (χ4n) is 5.11. The molecule has 0 spiro atoms. The highest BCUT2D eigenvalue weighted by Crippen LogP contribution is 2.16. The Labute approximate surface area is 212 Å². The lowest BCUT2D eigenvalue weighted by Crippen LogP contribution is -1.85. The van der Waals surface area contributed by atoms with Crippen molar-refractivity contribution in [3.63, 3.8) is 0 Å². The van der Waals surface area contributed by atoms with Crippen molar-refractivity contribution in [3.05, 3.63) is 6.42 Å². The lowest BCUT2D eigenvalue weighted by Gasteiger charge is -2.04. The zero-order valence-electron chi connectivity index (χ0n) is 23.8. The van der Waals surface area contributed by atoms with Crippen LogP contribution in [0.2, 0.25) is 0 Å². The molecular weight excluding hydrogens is 396 g/mol. The van der Waals surface area contributed by atoms with Crippen molar-refractivity contribution in [1.29, 1.82) is 0 Å². The molecule has 1 radical (unpaired) electrons. The summed E-state index contributed by atoms with van der Waals surface area (Å²) in [6.45, 7) is 4.61. The maximum absolute atomic E-state index is 2.58. The Morgan fingerprint density at radius 3 is 0.636 bits per heavy atom. The van der Waals surface area contributed by atoms with Gasteiger partial charge in [0.1, 0.15) is 0 Å². The summed E-state index contributed by atoms with van der Waals surface area (Å²) < 4.78 is 0. The standard InChI is InChI=1S/C33H67/c1-3-5-7-9-11-13-15-17-19-21-23-25-27-29-31-33-32-30-28-26-24-22-20-18-16-14-12-10-8-6-4-2/h33H,3-32H2,1-2H3. The third-order valence-electron chi connectivity index (χ3n) is 7.52. The molecule has 0 unspecified atom stereocenters. The highest BCUT2D eigenvalue weighted by molar-refractivity contribution is 4.64. The van der Waals surface area contributed by atoms with Crippen LogP contribution in [0.1, 0.15) is 206 Å². The molecule has 0 aliphatic heterocycles. The van der Waals surface area contributed by atoms with Gasteiger partial charge in [-0.15, -0.1) is 0 Å². The smallest absolute Gasteiger partial charge is 0.0386 e. The van der Waals surface area contributed by atoms with Crippen LogP contribution in [-0.2, 0) is 0 Å². The first-order valence-electron chi connectivity index (χ1n) is 16.2. The molecule has 0 saturated carbocycles. The largest absolute Gasteiger partial charge is 0.0654 e. The van der Waals surface area contributed by atoms with Crippen molar-refractivity contribution in [1.82, 2.24) is 0 Å². The van der Waals surface area contributed by atoms with Gasteiger partial charge in [0.2, 0.25) is 0 Å². The van der Waals surface area contributed by atoms with E-state index in [1.54, 1.807) is 0 Å². The molecule has 0 N–H and O–H groups in total. The summed E-state index contributed by atoms with van der Waals surface area (Å²) in [7, 11) is 0. The Morgan fingerprint density at radius 2 is 0.424 bits per heavy atom. The third-order valence-corrected chi connectivity index (χ3v) is 7.52. The maximum atomic E-state index is 2.58. The fourth-order valence-corrected chi connectivity index (χ4v) is 5.11. The molecular formula is C33H67. The first kappa shape index (κ1) is 33.0. The van der Waals surface area contributed by atoms with Gasteiger partial charge in [-0.25, -0.2) is 0 Å². The van der Waals surface area contributed by atoms with Crippen molar-refractivity contribution < 1.29 is 0 Å². The number of unbranched alkanes of at least 4 members (excludes halogenated alkanes) is 30. The van der Waals surface area contributed by atoms with Gasteiger partial charge in [0.05, 0.1) is 0 Å². The summed E-state index contributed by atoms with van der Waals surface area (Å²) in [5, 5.41) is 0. The van der Waals surface area contributed by atoms with E-state index in [0.717, 1.165) is 0 Å². The van der Waals surface area contributed by atoms with E-state index in [2.05, 4.69) is 20.3 Å². The van der Waals surface area contributed by atoms with Crippen molar-refractivity contribution in [2.24, 2.45) is 0 Å². The maximum Gasteiger partial charge on any atom is -0.0386 e. The predicted molar refractivity (Wildman–Crippen MR) is 154 cm³/mol. The van der Waals surface area contributed by atoms with E-state index < -0.39 is 0 Å². The molecule has 0 aromatic heterocycles. The number of hydrogen-bond acceptors (Lipinski definition) is 0. The van der Waals surface area contributed by atoms with Gasteiger partial charge in [0.15, 0.2) is 0 Å². The van der Waals surface area contributed by atoms with Crippen LogP contribution in [0.4, 0.5) is 0 Å². The molecule has 0 heterocycles. The molecule has 0 heteroatoms. The molecule has 199 valence electrons. The van der Waals surface area contributed by atoms with Crippen LogP contribution in [0.15, 0.2) is 0 Å². The Kier molecular flexibility index (Phi) is 32.0. The molecule has 33 heavy (non-hydrogen) atoms. The molecule has 0 amide bonds. The number of rotatable bonds is 30. The van der Waals surface area contributed by atoms with Crippen LogP contribution in [0, 0.1) is 6.42 Å². The van der Waals surface area contributed by atoms with E-state index in [4.69, 9.17) is 0 Å². The zero-order chi connectivity index (χ0) is 23.9. The fraction of sp³-hybridized carbons (Fsp3) is 0.970. The second kappa shape index (κ2) is 32.0. The lowest BCUT2D eigenvalue weighted by molar-refractivity contribution is 0.530. The summed E-state index contributed by atoms with van der Waals surface area (Å²) in [6.07, 6.45) is 46.4. The quantitative estimate of drug-likeness (QED) is 0.0929. The van der Waals surface area contributed by atoms with Crippen LogP contribution in [0.3, 0.4) is 0 Å². The lowest BCUT2D eigenvalue weighted by atomic mass is 10.0. The Balaban J connectivity index is 2.99. The molecule has 0 rings (SSSR count). The molecule has 0 fully saturated rings. The van der Waals surface area contributed by atoms with E-state index in [1.807, 2.05) is 0 Å². The van der Waals surface area contributed by atoms with Gasteiger partial charge in [0, 0.05) is 0 Å². The molecule has 0 aromatic rings. The SMILES string of the molecule is CCCCCCCCCCCCCCCC[CH]CCCCCCCCCCCCCCCC. The van der Waals surface area contributed by atoms with E-state index >= 15 is 0 Å². The highest BCUT2D eigenvalue weighted by Gasteiger charge is 1.96. The van der Waals surface area contributed by atoms with E-state index in [-0.39, 0.29) is 0 Å². The second-order valence-corrected chi connectivity index (χ2v) is 11.1. The van der Waals surface area contributed by atoms with Gasteiger partial charge in [-0.2, -0.15) is 0 Å². The highest BCUT2D eigenvalue weighted by atomic mass is 14.0. The normalized spacial score (nSPS) is 11.5. The van der Waals surface area contributed by atoms with Crippen LogP contribution in [0.25, 0.3) is 0 Å². The minimum absolute atomic E-state index is 1.37. The summed E-state index contributed by atoms with van der Waals surface area (Å²) in [5.41, 5.74) is 0. The first-order chi connectivity index (χ1) is 16.4. The third kappa shape index (κ3) is 32.0. The predicted octanol–water partition coefficient (Wildman–Crippen LogP) is 12.9. The Morgan fingerprint density at radius 1 is 0.242 bits per heavy atom. The van der Waals surface area contributed by atoms with Gasteiger partial charge in [0.25, 0.3) is 0 Å². The van der Waals surface area contributed by atoms with Gasteiger partial charge in [-0.05, 0) is 6.42 Å². The van der Waals surface area contributed by atoms with Crippen molar-refractivity contribution >= 4 is 0 Å². The molecule has 0 bridgehead atoms. The van der Waals surface area contributed by atoms with E-state index in [9.17, 15) is 0 Å². The average Bonchev–Trinajstić information content (AvgIpc) is 2.83. The summed E-state index contributed by atoms with van der Waals surface area (Å²) >= 11 is 0. The van der Waals surface area contributed by atoms with Crippen LogP contribution < -0.4 is 0 Å². The Hall–Kier alpha value is 0. The van der Waals surface area contributed by atoms with Crippen LogP contribution in [-0.4, -0.2) is 0 Å².